The van der Waals surface area contributed by atoms with Crippen LogP contribution < -0.4 is 5.32 Å². The van der Waals surface area contributed by atoms with Crippen LogP contribution >= 0.6 is 35.0 Å². The molecule has 2 aromatic carbocycles. The van der Waals surface area contributed by atoms with E-state index in [-0.39, 0.29) is 5.91 Å². The highest BCUT2D eigenvalue weighted by Crippen LogP contribution is 2.24. The molecule has 0 fully saturated rings. The highest BCUT2D eigenvalue weighted by Gasteiger charge is 2.02. The fourth-order valence-electron chi connectivity index (χ4n) is 2.07. The van der Waals surface area contributed by atoms with E-state index >= 15 is 0 Å². The van der Waals surface area contributed by atoms with Crippen LogP contribution in [-0.2, 0) is 17.0 Å². The molecular weight excluding hydrogens is 349 g/mol. The highest BCUT2D eigenvalue weighted by molar-refractivity contribution is 7.98. The highest BCUT2D eigenvalue weighted by atomic mass is 35.5. The summed E-state index contributed by atoms with van der Waals surface area (Å²) in [6.07, 6.45) is 1.31. The van der Waals surface area contributed by atoms with Gasteiger partial charge in [0.2, 0.25) is 5.91 Å². The zero-order valence-electron chi connectivity index (χ0n) is 12.7. The summed E-state index contributed by atoms with van der Waals surface area (Å²) in [5.74, 6) is 1.83. The molecule has 2 rings (SSSR count). The third-order valence-corrected chi connectivity index (χ3v) is 5.07. The smallest absolute Gasteiger partial charge is 0.220 e. The zero-order valence-corrected chi connectivity index (χ0v) is 15.1. The first-order valence-electron chi connectivity index (χ1n) is 7.47. The van der Waals surface area contributed by atoms with E-state index in [0.29, 0.717) is 23.0 Å². The molecule has 0 spiro atoms. The van der Waals surface area contributed by atoms with E-state index in [9.17, 15) is 4.79 Å². The van der Waals surface area contributed by atoms with Crippen molar-refractivity contribution >= 4 is 40.9 Å². The molecule has 0 saturated carbocycles. The first-order valence-corrected chi connectivity index (χ1v) is 9.38. The Bertz CT molecular complexity index is 634. The summed E-state index contributed by atoms with van der Waals surface area (Å²) in [5, 5.41) is 4.11. The van der Waals surface area contributed by atoms with E-state index in [4.69, 9.17) is 23.2 Å². The number of hydrogen-bond acceptors (Lipinski definition) is 2. The second-order valence-corrected chi connectivity index (χ2v) is 7.06. The summed E-state index contributed by atoms with van der Waals surface area (Å²) in [5.41, 5.74) is 2.33. The molecular formula is C18H19Cl2NOS. The van der Waals surface area contributed by atoms with Crippen molar-refractivity contribution in [3.63, 3.8) is 0 Å². The zero-order chi connectivity index (χ0) is 16.5. The molecule has 2 nitrogen and oxygen atoms in total. The summed E-state index contributed by atoms with van der Waals surface area (Å²) in [6.45, 7) is 0.680. The quantitative estimate of drug-likeness (QED) is 0.666. The molecule has 0 heterocycles. The Kier molecular flexibility index (Phi) is 7.80. The van der Waals surface area contributed by atoms with Gasteiger partial charge in [-0.2, -0.15) is 11.8 Å². The molecule has 2 aromatic rings. The number of carbonyl (C=O) groups is 1. The summed E-state index contributed by atoms with van der Waals surface area (Å²) in [4.78, 5) is 11.8. The van der Waals surface area contributed by atoms with Crippen molar-refractivity contribution in [1.29, 1.82) is 0 Å². The first-order chi connectivity index (χ1) is 11.1. The topological polar surface area (TPSA) is 29.1 Å². The van der Waals surface area contributed by atoms with Gasteiger partial charge in [0, 0.05) is 24.5 Å². The maximum absolute atomic E-state index is 11.8. The van der Waals surface area contributed by atoms with Crippen LogP contribution in [0, 0.1) is 0 Å². The fourth-order valence-corrected chi connectivity index (χ4v) is 3.20. The van der Waals surface area contributed by atoms with Gasteiger partial charge in [-0.05, 0) is 29.7 Å². The minimum absolute atomic E-state index is 0.101. The Labute approximate surface area is 151 Å². The minimum atomic E-state index is 0.101. The van der Waals surface area contributed by atoms with Crippen molar-refractivity contribution < 1.29 is 4.79 Å². The molecule has 122 valence electrons. The van der Waals surface area contributed by atoms with Crippen LogP contribution in [0.25, 0.3) is 0 Å². The van der Waals surface area contributed by atoms with Gasteiger partial charge in [-0.1, -0.05) is 59.6 Å². The second kappa shape index (κ2) is 9.86. The lowest BCUT2D eigenvalue weighted by atomic mass is 10.1. The third kappa shape index (κ3) is 6.86. The predicted octanol–water partition coefficient (Wildman–Crippen LogP) is 4.98. The third-order valence-electron chi connectivity index (χ3n) is 3.30. The van der Waals surface area contributed by atoms with Crippen molar-refractivity contribution in [3.05, 3.63) is 69.7 Å². The number of hydrogen-bond donors (Lipinski definition) is 1. The molecule has 23 heavy (non-hydrogen) atoms. The summed E-state index contributed by atoms with van der Waals surface area (Å²) in [6, 6.07) is 15.7. The minimum Gasteiger partial charge on any atom is -0.355 e. The van der Waals surface area contributed by atoms with Crippen molar-refractivity contribution in [2.75, 3.05) is 12.3 Å². The largest absolute Gasteiger partial charge is 0.355 e. The lowest BCUT2D eigenvalue weighted by Gasteiger charge is -2.06. The number of benzene rings is 2. The van der Waals surface area contributed by atoms with Gasteiger partial charge in [-0.15, -0.1) is 0 Å². The predicted molar refractivity (Wildman–Crippen MR) is 100 cm³/mol. The molecule has 0 radical (unpaired) electrons. The van der Waals surface area contributed by atoms with Crippen LogP contribution in [0.1, 0.15) is 17.5 Å². The van der Waals surface area contributed by atoms with Gasteiger partial charge in [-0.25, -0.2) is 0 Å². The van der Waals surface area contributed by atoms with Gasteiger partial charge in [0.25, 0.3) is 0 Å². The van der Waals surface area contributed by atoms with Gasteiger partial charge in [0.1, 0.15) is 0 Å². The van der Waals surface area contributed by atoms with Crippen LogP contribution in [0.5, 0.6) is 0 Å². The van der Waals surface area contributed by atoms with Crippen LogP contribution in [0.4, 0.5) is 0 Å². The molecule has 0 aromatic heterocycles. The van der Waals surface area contributed by atoms with Gasteiger partial charge < -0.3 is 5.32 Å². The summed E-state index contributed by atoms with van der Waals surface area (Å²) in [7, 11) is 0. The van der Waals surface area contributed by atoms with Crippen LogP contribution in [-0.4, -0.2) is 18.2 Å². The number of thioether (sulfide) groups is 1. The molecule has 1 N–H and O–H groups in total. The lowest BCUT2D eigenvalue weighted by molar-refractivity contribution is -0.120. The van der Waals surface area contributed by atoms with Crippen LogP contribution in [0.15, 0.2) is 48.5 Å². The molecule has 0 aliphatic rings. The molecule has 0 aliphatic carbocycles. The Morgan fingerprint density at radius 3 is 2.52 bits per heavy atom. The summed E-state index contributed by atoms with van der Waals surface area (Å²) < 4.78 is 0. The van der Waals surface area contributed by atoms with Crippen LogP contribution in [0.3, 0.4) is 0 Å². The number of rotatable bonds is 8. The lowest BCUT2D eigenvalue weighted by Crippen LogP contribution is -2.25. The van der Waals surface area contributed by atoms with E-state index in [1.165, 1.54) is 5.56 Å². The van der Waals surface area contributed by atoms with E-state index in [0.717, 1.165) is 23.5 Å². The number of nitrogens with one attached hydrogen (secondary N) is 1. The van der Waals surface area contributed by atoms with E-state index in [1.807, 2.05) is 48.5 Å². The Hall–Kier alpha value is -1.16. The Balaban J connectivity index is 1.58. The Morgan fingerprint density at radius 2 is 1.78 bits per heavy atom. The monoisotopic (exact) mass is 367 g/mol. The maximum Gasteiger partial charge on any atom is 0.220 e. The van der Waals surface area contributed by atoms with Crippen molar-refractivity contribution in [3.8, 4) is 0 Å². The van der Waals surface area contributed by atoms with Gasteiger partial charge in [0.05, 0.1) is 10.0 Å². The average Bonchev–Trinajstić information content (AvgIpc) is 2.57. The van der Waals surface area contributed by atoms with Crippen molar-refractivity contribution in [2.45, 2.75) is 18.6 Å². The molecule has 0 bridgehead atoms. The van der Waals surface area contributed by atoms with Crippen molar-refractivity contribution in [1.82, 2.24) is 5.32 Å². The van der Waals surface area contributed by atoms with E-state index < -0.39 is 0 Å². The second-order valence-electron chi connectivity index (χ2n) is 5.14. The molecule has 0 atom stereocenters. The molecule has 0 aliphatic heterocycles. The number of halogens is 2. The van der Waals surface area contributed by atoms with Crippen LogP contribution in [0.2, 0.25) is 10.0 Å². The summed E-state index contributed by atoms with van der Waals surface area (Å²) >= 11 is 13.6. The average molecular weight is 368 g/mol. The van der Waals surface area contributed by atoms with Gasteiger partial charge >= 0.3 is 0 Å². The first kappa shape index (κ1) is 18.2. The van der Waals surface area contributed by atoms with Crippen molar-refractivity contribution in [2.24, 2.45) is 0 Å². The van der Waals surface area contributed by atoms with Gasteiger partial charge in [-0.3, -0.25) is 4.79 Å². The SMILES string of the molecule is O=C(CCc1ccccc1)NCCSCc1ccc(Cl)c(Cl)c1. The van der Waals surface area contributed by atoms with E-state index in [2.05, 4.69) is 5.32 Å². The maximum atomic E-state index is 11.8. The molecule has 0 saturated heterocycles. The van der Waals surface area contributed by atoms with E-state index in [1.54, 1.807) is 11.8 Å². The number of amides is 1. The standard InChI is InChI=1S/C18H19Cl2NOS/c19-16-8-6-15(12-17(16)20)13-23-11-10-21-18(22)9-7-14-4-2-1-3-5-14/h1-6,8,12H,7,9-11,13H2,(H,21,22). The fraction of sp³-hybridized carbons (Fsp3) is 0.278. The molecule has 1 amide bonds. The molecule has 5 heteroatoms. The van der Waals surface area contributed by atoms with Gasteiger partial charge in [0.15, 0.2) is 0 Å². The number of aryl methyl sites for hydroxylation is 1. The number of carbonyl (C=O) groups excluding carboxylic acids is 1. The molecule has 0 unspecified atom stereocenters. The normalized spacial score (nSPS) is 10.5. The Morgan fingerprint density at radius 1 is 1.00 bits per heavy atom.